The third-order valence-corrected chi connectivity index (χ3v) is 3.85. The van der Waals surface area contributed by atoms with Gasteiger partial charge in [-0.3, -0.25) is 0 Å². The van der Waals surface area contributed by atoms with Gasteiger partial charge < -0.3 is 11.1 Å². The fourth-order valence-corrected chi connectivity index (χ4v) is 3.15. The number of nitrogens with two attached hydrogens (primary N) is 1. The van der Waals surface area contributed by atoms with E-state index in [0.717, 1.165) is 0 Å². The highest BCUT2D eigenvalue weighted by Crippen LogP contribution is 2.31. The van der Waals surface area contributed by atoms with E-state index in [1.54, 1.807) is 0 Å². The lowest BCUT2D eigenvalue weighted by molar-refractivity contribution is 0.683. The second kappa shape index (κ2) is 6.26. The molecule has 88 valence electrons. The van der Waals surface area contributed by atoms with Crippen LogP contribution in [0.1, 0.15) is 40.0 Å². The molecule has 1 saturated carbocycles. The van der Waals surface area contributed by atoms with Crippen molar-refractivity contribution >= 4 is 17.7 Å². The summed E-state index contributed by atoms with van der Waals surface area (Å²) in [6.07, 6.45) is 3.78. The fraction of sp³-hybridized carbons (Fsp3) is 0.909. The molecule has 1 fully saturated rings. The lowest BCUT2D eigenvalue weighted by atomic mass is 10.3. The van der Waals surface area contributed by atoms with Gasteiger partial charge in [0.15, 0.2) is 5.96 Å². The van der Waals surface area contributed by atoms with Gasteiger partial charge in [-0.25, -0.2) is 4.99 Å². The van der Waals surface area contributed by atoms with Gasteiger partial charge in [-0.1, -0.05) is 13.3 Å². The minimum atomic E-state index is 0.368. The third kappa shape index (κ3) is 4.33. The van der Waals surface area contributed by atoms with Gasteiger partial charge in [-0.15, -0.1) is 0 Å². The minimum absolute atomic E-state index is 0.368. The molecule has 0 aliphatic heterocycles. The van der Waals surface area contributed by atoms with Crippen LogP contribution < -0.4 is 11.1 Å². The number of hydrogen-bond donors (Lipinski definition) is 2. The molecule has 2 unspecified atom stereocenters. The smallest absolute Gasteiger partial charge is 0.189 e. The van der Waals surface area contributed by atoms with E-state index in [0.29, 0.717) is 23.3 Å². The van der Waals surface area contributed by atoms with Gasteiger partial charge in [0.05, 0.1) is 6.04 Å². The number of guanidine groups is 1. The first kappa shape index (κ1) is 12.7. The lowest BCUT2D eigenvalue weighted by Gasteiger charge is -2.16. The molecule has 0 saturated heterocycles. The molecule has 1 rings (SSSR count). The molecule has 3 N–H and O–H groups in total. The Labute approximate surface area is 97.3 Å². The normalized spacial score (nSPS) is 27.3. The summed E-state index contributed by atoms with van der Waals surface area (Å²) in [5, 5.41) is 3.83. The first-order valence-electron chi connectivity index (χ1n) is 5.85. The number of nitrogens with zero attached hydrogens (tertiary/aromatic N) is 1. The molecule has 0 amide bonds. The van der Waals surface area contributed by atoms with Crippen LogP contribution in [0, 0.1) is 0 Å². The molecule has 0 aromatic heterocycles. The van der Waals surface area contributed by atoms with Crippen molar-refractivity contribution in [2.75, 3.05) is 5.75 Å². The Kier molecular flexibility index (Phi) is 5.29. The monoisotopic (exact) mass is 229 g/mol. The number of thioether (sulfide) groups is 1. The third-order valence-electron chi connectivity index (χ3n) is 2.54. The van der Waals surface area contributed by atoms with Crippen molar-refractivity contribution in [2.24, 2.45) is 10.7 Å². The highest BCUT2D eigenvalue weighted by atomic mass is 32.2. The maximum atomic E-state index is 5.84. The van der Waals surface area contributed by atoms with E-state index in [4.69, 9.17) is 5.73 Å². The molecule has 1 aliphatic carbocycles. The molecule has 3 nitrogen and oxygen atoms in total. The summed E-state index contributed by atoms with van der Waals surface area (Å²) in [6, 6.07) is 0.800. The predicted octanol–water partition coefficient (Wildman–Crippen LogP) is 1.97. The number of rotatable bonds is 4. The van der Waals surface area contributed by atoms with Gasteiger partial charge in [0.2, 0.25) is 0 Å². The SMILES string of the molecule is CCSC1CCCC1N=C(N)NC(C)C. The zero-order chi connectivity index (χ0) is 11.3. The van der Waals surface area contributed by atoms with Crippen LogP contribution in [0.2, 0.25) is 0 Å². The summed E-state index contributed by atoms with van der Waals surface area (Å²) in [4.78, 5) is 4.58. The van der Waals surface area contributed by atoms with Gasteiger partial charge in [0.25, 0.3) is 0 Å². The van der Waals surface area contributed by atoms with Crippen LogP contribution in [0.5, 0.6) is 0 Å². The van der Waals surface area contributed by atoms with Crippen LogP contribution in [-0.4, -0.2) is 29.0 Å². The van der Waals surface area contributed by atoms with Crippen LogP contribution in [0.25, 0.3) is 0 Å². The van der Waals surface area contributed by atoms with Crippen molar-refractivity contribution in [3.05, 3.63) is 0 Å². The standard InChI is InChI=1S/C11H23N3S/c1-4-15-10-7-5-6-9(10)14-11(12)13-8(2)3/h8-10H,4-7H2,1-3H3,(H3,12,13,14). The maximum absolute atomic E-state index is 5.84. The van der Waals surface area contributed by atoms with Crippen molar-refractivity contribution in [2.45, 2.75) is 57.4 Å². The van der Waals surface area contributed by atoms with Crippen LogP contribution in [0.15, 0.2) is 4.99 Å². The average Bonchev–Trinajstić information content (AvgIpc) is 2.52. The Morgan fingerprint density at radius 1 is 1.53 bits per heavy atom. The van der Waals surface area contributed by atoms with Crippen molar-refractivity contribution in [1.29, 1.82) is 0 Å². The van der Waals surface area contributed by atoms with Crippen molar-refractivity contribution < 1.29 is 0 Å². The zero-order valence-corrected chi connectivity index (χ0v) is 10.8. The lowest BCUT2D eigenvalue weighted by Crippen LogP contribution is -2.38. The molecule has 0 spiro atoms. The highest BCUT2D eigenvalue weighted by molar-refractivity contribution is 7.99. The van der Waals surface area contributed by atoms with Gasteiger partial charge >= 0.3 is 0 Å². The van der Waals surface area contributed by atoms with Crippen molar-refractivity contribution in [1.82, 2.24) is 5.32 Å². The van der Waals surface area contributed by atoms with E-state index >= 15 is 0 Å². The number of nitrogens with one attached hydrogen (secondary N) is 1. The summed E-state index contributed by atoms with van der Waals surface area (Å²) in [6.45, 7) is 6.37. The molecule has 2 atom stereocenters. The van der Waals surface area contributed by atoms with Gasteiger partial charge in [0, 0.05) is 11.3 Å². The summed E-state index contributed by atoms with van der Waals surface area (Å²) in [5.74, 6) is 1.78. The Morgan fingerprint density at radius 3 is 2.87 bits per heavy atom. The van der Waals surface area contributed by atoms with Gasteiger partial charge in [-0.05, 0) is 32.4 Å². The van der Waals surface area contributed by atoms with E-state index < -0.39 is 0 Å². The van der Waals surface area contributed by atoms with E-state index in [9.17, 15) is 0 Å². The maximum Gasteiger partial charge on any atom is 0.189 e. The molecule has 15 heavy (non-hydrogen) atoms. The number of aliphatic imine (C=N–C) groups is 1. The minimum Gasteiger partial charge on any atom is -0.370 e. The van der Waals surface area contributed by atoms with Crippen molar-refractivity contribution in [3.8, 4) is 0 Å². The van der Waals surface area contributed by atoms with E-state index in [-0.39, 0.29) is 0 Å². The molecule has 0 radical (unpaired) electrons. The first-order chi connectivity index (χ1) is 7.13. The fourth-order valence-electron chi connectivity index (χ4n) is 1.97. The molecule has 0 heterocycles. The Hall–Kier alpha value is -0.380. The molecule has 0 bridgehead atoms. The second-order valence-electron chi connectivity index (χ2n) is 4.31. The summed E-state index contributed by atoms with van der Waals surface area (Å²) < 4.78 is 0. The predicted molar refractivity (Wildman–Crippen MR) is 69.5 cm³/mol. The van der Waals surface area contributed by atoms with E-state index in [2.05, 4.69) is 31.1 Å². The van der Waals surface area contributed by atoms with Crippen LogP contribution in [-0.2, 0) is 0 Å². The Bertz CT molecular complexity index is 216. The highest BCUT2D eigenvalue weighted by Gasteiger charge is 2.26. The van der Waals surface area contributed by atoms with Gasteiger partial charge in [-0.2, -0.15) is 11.8 Å². The summed E-state index contributed by atoms with van der Waals surface area (Å²) >= 11 is 2.02. The summed E-state index contributed by atoms with van der Waals surface area (Å²) in [5.41, 5.74) is 5.84. The molecule has 0 aromatic carbocycles. The summed E-state index contributed by atoms with van der Waals surface area (Å²) in [7, 11) is 0. The molecular weight excluding hydrogens is 206 g/mol. The average molecular weight is 229 g/mol. The van der Waals surface area contributed by atoms with E-state index in [1.807, 2.05) is 11.8 Å². The molecule has 0 aromatic rings. The van der Waals surface area contributed by atoms with Crippen LogP contribution in [0.4, 0.5) is 0 Å². The topological polar surface area (TPSA) is 50.4 Å². The van der Waals surface area contributed by atoms with Gasteiger partial charge in [0.1, 0.15) is 0 Å². The molecule has 1 aliphatic rings. The van der Waals surface area contributed by atoms with Crippen LogP contribution >= 0.6 is 11.8 Å². The largest absolute Gasteiger partial charge is 0.370 e. The Balaban J connectivity index is 2.47. The number of hydrogen-bond acceptors (Lipinski definition) is 2. The zero-order valence-electron chi connectivity index (χ0n) is 9.99. The molecular formula is C11H23N3S. The van der Waals surface area contributed by atoms with Crippen LogP contribution in [0.3, 0.4) is 0 Å². The van der Waals surface area contributed by atoms with E-state index in [1.165, 1.54) is 25.0 Å². The second-order valence-corrected chi connectivity index (χ2v) is 5.82. The van der Waals surface area contributed by atoms with Crippen molar-refractivity contribution in [3.63, 3.8) is 0 Å². The molecule has 4 heteroatoms. The first-order valence-corrected chi connectivity index (χ1v) is 6.89. The quantitative estimate of drug-likeness (QED) is 0.572. The Morgan fingerprint density at radius 2 is 2.27 bits per heavy atom.